The van der Waals surface area contributed by atoms with Crippen molar-refractivity contribution >= 4 is 33.4 Å². The van der Waals surface area contributed by atoms with Crippen molar-refractivity contribution in [2.45, 2.75) is 13.5 Å². The summed E-state index contributed by atoms with van der Waals surface area (Å²) in [4.78, 5) is 32.6. The quantitative estimate of drug-likeness (QED) is 0.663. The minimum absolute atomic E-state index is 0.141. The van der Waals surface area contributed by atoms with Gasteiger partial charge in [0.2, 0.25) is 0 Å². The number of amides is 1. The molecule has 0 N–H and O–H groups in total. The van der Waals surface area contributed by atoms with Crippen LogP contribution in [0.5, 0.6) is 0 Å². The van der Waals surface area contributed by atoms with Crippen molar-refractivity contribution in [2.24, 2.45) is 0 Å². The van der Waals surface area contributed by atoms with Gasteiger partial charge in [-0.25, -0.2) is 9.78 Å². The molecule has 0 bridgehead atoms. The number of piperazine rings is 1. The fraction of sp³-hybridized carbons (Fsp3) is 0.333. The molecule has 1 amide bonds. The lowest BCUT2D eigenvalue weighted by Crippen LogP contribution is -2.49. The van der Waals surface area contributed by atoms with E-state index >= 15 is 0 Å². The van der Waals surface area contributed by atoms with E-state index < -0.39 is 0 Å². The first-order chi connectivity index (χ1) is 12.6. The van der Waals surface area contributed by atoms with Gasteiger partial charge in [-0.3, -0.25) is 9.69 Å². The van der Waals surface area contributed by atoms with E-state index in [0.717, 1.165) is 30.2 Å². The molecule has 1 fully saturated rings. The lowest BCUT2D eigenvalue weighted by molar-refractivity contribution is 0.101. The monoisotopic (exact) mass is 369 g/mol. The number of Topliss-reactive ketones (excluding diaryl/α,β-unsaturated/α-hetero) is 1. The molecule has 3 heterocycles. The SMILES string of the molecule is CC(=O)c1ccn(C(=O)N2CCN(Cc3nc4ccccc4s3)CC2)n1. The van der Waals surface area contributed by atoms with Crippen LogP contribution in [-0.4, -0.2) is 62.6 Å². The molecule has 7 nitrogen and oxygen atoms in total. The second kappa shape index (κ2) is 6.97. The van der Waals surface area contributed by atoms with Gasteiger partial charge < -0.3 is 4.90 Å². The molecule has 8 heteroatoms. The summed E-state index contributed by atoms with van der Waals surface area (Å²) in [6.45, 7) is 5.11. The summed E-state index contributed by atoms with van der Waals surface area (Å²) in [5.74, 6) is -0.141. The van der Waals surface area contributed by atoms with Crippen molar-refractivity contribution < 1.29 is 9.59 Å². The lowest BCUT2D eigenvalue weighted by atomic mass is 10.3. The average Bonchev–Trinajstić information content (AvgIpc) is 3.28. The van der Waals surface area contributed by atoms with E-state index in [0.29, 0.717) is 18.8 Å². The van der Waals surface area contributed by atoms with Crippen LogP contribution in [0.1, 0.15) is 22.4 Å². The highest BCUT2D eigenvalue weighted by molar-refractivity contribution is 7.18. The first kappa shape index (κ1) is 16.9. The van der Waals surface area contributed by atoms with Crippen LogP contribution in [-0.2, 0) is 6.54 Å². The molecule has 0 radical (unpaired) electrons. The fourth-order valence-electron chi connectivity index (χ4n) is 3.04. The lowest BCUT2D eigenvalue weighted by Gasteiger charge is -2.33. The molecular formula is C18H19N5O2S. The van der Waals surface area contributed by atoms with Gasteiger partial charge in [0, 0.05) is 39.3 Å². The third-order valence-electron chi connectivity index (χ3n) is 4.49. The first-order valence-corrected chi connectivity index (χ1v) is 9.34. The molecule has 26 heavy (non-hydrogen) atoms. The Morgan fingerprint density at radius 2 is 1.88 bits per heavy atom. The molecule has 1 aliphatic rings. The third-order valence-corrected chi connectivity index (χ3v) is 5.51. The number of hydrogen-bond donors (Lipinski definition) is 0. The van der Waals surface area contributed by atoms with Crippen molar-refractivity contribution in [3.05, 3.63) is 47.2 Å². The standard InChI is InChI=1S/C18H19N5O2S/c1-13(24)14-6-7-23(20-14)18(25)22-10-8-21(9-11-22)12-17-19-15-4-2-3-5-16(15)26-17/h2-7H,8-12H2,1H3. The fourth-order valence-corrected chi connectivity index (χ4v) is 4.05. The van der Waals surface area contributed by atoms with Gasteiger partial charge in [-0.05, 0) is 18.2 Å². The predicted octanol–water partition coefficient (Wildman–Crippen LogP) is 2.48. The zero-order valence-corrected chi connectivity index (χ0v) is 15.3. The van der Waals surface area contributed by atoms with Gasteiger partial charge in [-0.1, -0.05) is 12.1 Å². The van der Waals surface area contributed by atoms with Crippen molar-refractivity contribution in [3.63, 3.8) is 0 Å². The predicted molar refractivity (Wildman–Crippen MR) is 99.5 cm³/mol. The number of carbonyl (C=O) groups excluding carboxylic acids is 2. The average molecular weight is 369 g/mol. The Morgan fingerprint density at radius 1 is 1.12 bits per heavy atom. The molecule has 0 atom stereocenters. The van der Waals surface area contributed by atoms with Crippen molar-refractivity contribution in [3.8, 4) is 0 Å². The van der Waals surface area contributed by atoms with Gasteiger partial charge in [0.15, 0.2) is 5.78 Å². The van der Waals surface area contributed by atoms with Crippen molar-refractivity contribution in [1.29, 1.82) is 0 Å². The molecule has 4 rings (SSSR count). The molecular weight excluding hydrogens is 350 g/mol. The van der Waals surface area contributed by atoms with Gasteiger partial charge in [0.25, 0.3) is 0 Å². The number of thiazole rings is 1. The minimum atomic E-state index is -0.183. The maximum atomic E-state index is 12.5. The Hall–Kier alpha value is -2.58. The van der Waals surface area contributed by atoms with E-state index in [1.165, 1.54) is 16.3 Å². The van der Waals surface area contributed by atoms with E-state index in [-0.39, 0.29) is 11.8 Å². The number of hydrogen-bond acceptors (Lipinski definition) is 6. The van der Waals surface area contributed by atoms with Crippen molar-refractivity contribution in [2.75, 3.05) is 26.2 Å². The molecule has 2 aromatic heterocycles. The second-order valence-electron chi connectivity index (χ2n) is 6.32. The van der Waals surface area contributed by atoms with E-state index in [9.17, 15) is 9.59 Å². The Kier molecular flexibility index (Phi) is 4.52. The van der Waals surface area contributed by atoms with Gasteiger partial charge in [-0.2, -0.15) is 9.78 Å². The zero-order valence-electron chi connectivity index (χ0n) is 14.5. The Bertz CT molecular complexity index is 922. The number of para-hydroxylation sites is 1. The summed E-state index contributed by atoms with van der Waals surface area (Å²) >= 11 is 1.72. The van der Waals surface area contributed by atoms with Crippen LogP contribution in [0.15, 0.2) is 36.5 Å². The van der Waals surface area contributed by atoms with Crippen LogP contribution in [0.4, 0.5) is 4.79 Å². The van der Waals surface area contributed by atoms with Crippen LogP contribution in [0, 0.1) is 0 Å². The highest BCUT2D eigenvalue weighted by atomic mass is 32.1. The Balaban J connectivity index is 1.35. The number of aromatic nitrogens is 3. The molecule has 1 aliphatic heterocycles. The molecule has 1 aromatic carbocycles. The first-order valence-electron chi connectivity index (χ1n) is 8.53. The largest absolute Gasteiger partial charge is 0.344 e. The zero-order chi connectivity index (χ0) is 18.1. The highest BCUT2D eigenvalue weighted by Gasteiger charge is 2.23. The maximum Gasteiger partial charge on any atom is 0.344 e. The normalized spacial score (nSPS) is 15.5. The summed E-state index contributed by atoms with van der Waals surface area (Å²) in [5.41, 5.74) is 1.36. The topological polar surface area (TPSA) is 71.3 Å². The van der Waals surface area contributed by atoms with Crippen LogP contribution < -0.4 is 0 Å². The molecule has 0 spiro atoms. The Labute approximate surface area is 154 Å². The van der Waals surface area contributed by atoms with Gasteiger partial charge in [0.1, 0.15) is 10.7 Å². The van der Waals surface area contributed by atoms with E-state index in [1.807, 2.05) is 18.2 Å². The molecule has 0 saturated carbocycles. The molecule has 3 aromatic rings. The second-order valence-corrected chi connectivity index (χ2v) is 7.44. The number of benzene rings is 1. The number of fused-ring (bicyclic) bond motifs is 1. The highest BCUT2D eigenvalue weighted by Crippen LogP contribution is 2.23. The number of ketones is 1. The van der Waals surface area contributed by atoms with E-state index in [4.69, 9.17) is 0 Å². The summed E-state index contributed by atoms with van der Waals surface area (Å²) in [6.07, 6.45) is 1.55. The minimum Gasteiger partial charge on any atom is -0.320 e. The number of rotatable bonds is 3. The van der Waals surface area contributed by atoms with E-state index in [2.05, 4.69) is 21.0 Å². The smallest absolute Gasteiger partial charge is 0.320 e. The van der Waals surface area contributed by atoms with Gasteiger partial charge in [0.05, 0.1) is 16.8 Å². The maximum absolute atomic E-state index is 12.5. The third kappa shape index (κ3) is 3.38. The Morgan fingerprint density at radius 3 is 2.58 bits per heavy atom. The summed E-state index contributed by atoms with van der Waals surface area (Å²) in [5, 5.41) is 5.15. The molecule has 1 saturated heterocycles. The van der Waals surface area contributed by atoms with E-state index in [1.54, 1.807) is 28.5 Å². The summed E-state index contributed by atoms with van der Waals surface area (Å²) in [6, 6.07) is 9.54. The summed E-state index contributed by atoms with van der Waals surface area (Å²) in [7, 11) is 0. The van der Waals surface area contributed by atoms with Crippen LogP contribution in [0.25, 0.3) is 10.2 Å². The number of carbonyl (C=O) groups is 2. The van der Waals surface area contributed by atoms with Gasteiger partial charge in [-0.15, -0.1) is 11.3 Å². The molecule has 134 valence electrons. The van der Waals surface area contributed by atoms with Crippen molar-refractivity contribution in [1.82, 2.24) is 24.6 Å². The molecule has 0 unspecified atom stereocenters. The molecule has 0 aliphatic carbocycles. The van der Waals surface area contributed by atoms with Crippen LogP contribution in [0.3, 0.4) is 0 Å². The van der Waals surface area contributed by atoms with Crippen LogP contribution in [0.2, 0.25) is 0 Å². The number of nitrogens with zero attached hydrogens (tertiary/aromatic N) is 5. The van der Waals surface area contributed by atoms with Gasteiger partial charge >= 0.3 is 6.03 Å². The van der Waals surface area contributed by atoms with Crippen LogP contribution >= 0.6 is 11.3 Å². The summed E-state index contributed by atoms with van der Waals surface area (Å²) < 4.78 is 2.45.